The van der Waals surface area contributed by atoms with E-state index in [9.17, 15) is 18.0 Å². The van der Waals surface area contributed by atoms with E-state index >= 15 is 0 Å². The molecule has 2 heterocycles. The van der Waals surface area contributed by atoms with Gasteiger partial charge in [-0.15, -0.1) is 0 Å². The summed E-state index contributed by atoms with van der Waals surface area (Å²) in [5.41, 5.74) is 0.723. The second kappa shape index (κ2) is 7.89. The lowest BCUT2D eigenvalue weighted by Gasteiger charge is -2.24. The average molecular weight is 412 g/mol. The van der Waals surface area contributed by atoms with Crippen LogP contribution in [0.1, 0.15) is 19.8 Å². The van der Waals surface area contributed by atoms with Gasteiger partial charge in [0.25, 0.3) is 0 Å². The van der Waals surface area contributed by atoms with Gasteiger partial charge in [-0.3, -0.25) is 9.59 Å². The number of thioether (sulfide) groups is 1. The molecule has 0 unspecified atom stereocenters. The van der Waals surface area contributed by atoms with E-state index in [1.807, 2.05) is 6.92 Å². The van der Waals surface area contributed by atoms with Crippen LogP contribution in [0.25, 0.3) is 0 Å². The summed E-state index contributed by atoms with van der Waals surface area (Å²) in [6.45, 7) is 2.42. The summed E-state index contributed by atoms with van der Waals surface area (Å²) in [5.74, 6) is -0.856. The Labute approximate surface area is 161 Å². The predicted octanol–water partition coefficient (Wildman–Crippen LogP) is 1.55. The third-order valence-corrected chi connectivity index (χ3v) is 7.48. The minimum absolute atomic E-state index is 0.000213. The zero-order chi connectivity index (χ0) is 19.6. The monoisotopic (exact) mass is 412 g/mol. The number of carbonyl (C=O) groups excluding carboxylic acids is 1. The van der Waals surface area contributed by atoms with E-state index in [2.05, 4.69) is 4.99 Å². The maximum Gasteiger partial charge on any atom is 0.303 e. The van der Waals surface area contributed by atoms with Crippen LogP contribution in [0.2, 0.25) is 0 Å². The second-order valence-corrected chi connectivity index (χ2v) is 9.64. The maximum atomic E-state index is 12.0. The number of carboxylic acids is 1. The molecule has 1 aromatic rings. The first-order valence-corrected chi connectivity index (χ1v) is 11.2. The predicted molar refractivity (Wildman–Crippen MR) is 103 cm³/mol. The van der Waals surface area contributed by atoms with Gasteiger partial charge in [-0.1, -0.05) is 11.8 Å². The Hall–Kier alpha value is -2.07. The van der Waals surface area contributed by atoms with Gasteiger partial charge in [0.1, 0.15) is 5.75 Å². The molecule has 1 N–H and O–H groups in total. The Bertz CT molecular complexity index is 866. The standard InChI is InChI=1S/C17H20N2O6S2/c1-2-25-12-5-3-11(4-6-12)19-13-9-27(23,24)10-14(13)26-17(19)18-15(20)7-8-16(21)22/h3-6,13-14H,2,7-10H2,1H3,(H,21,22)/t13-,14+/m1/s1. The van der Waals surface area contributed by atoms with Crippen molar-refractivity contribution in [3.05, 3.63) is 24.3 Å². The highest BCUT2D eigenvalue weighted by Gasteiger charge is 2.49. The summed E-state index contributed by atoms with van der Waals surface area (Å²) >= 11 is 1.26. The molecular formula is C17H20N2O6S2. The zero-order valence-electron chi connectivity index (χ0n) is 14.7. The van der Waals surface area contributed by atoms with Crippen LogP contribution in [0.4, 0.5) is 5.69 Å². The lowest BCUT2D eigenvalue weighted by atomic mass is 10.2. The van der Waals surface area contributed by atoms with Crippen LogP contribution >= 0.6 is 11.8 Å². The first-order chi connectivity index (χ1) is 12.8. The van der Waals surface area contributed by atoms with Crippen molar-refractivity contribution >= 4 is 44.3 Å². The fourth-order valence-electron chi connectivity index (χ4n) is 3.11. The number of ether oxygens (including phenoxy) is 1. The highest BCUT2D eigenvalue weighted by Crippen LogP contribution is 2.41. The average Bonchev–Trinajstić information content (AvgIpc) is 3.05. The SMILES string of the molecule is CCOc1ccc(N2C(=NC(=O)CCC(=O)O)S[C@H]3CS(=O)(=O)C[C@H]32)cc1. The Morgan fingerprint density at radius 1 is 1.26 bits per heavy atom. The molecule has 2 saturated heterocycles. The summed E-state index contributed by atoms with van der Waals surface area (Å²) < 4.78 is 29.5. The van der Waals surface area contributed by atoms with E-state index in [0.29, 0.717) is 17.5 Å². The fraction of sp³-hybridized carbons (Fsp3) is 0.471. The number of aliphatic imine (C=N–C) groups is 1. The van der Waals surface area contributed by atoms with Crippen LogP contribution < -0.4 is 9.64 Å². The number of rotatable bonds is 6. The number of amidine groups is 1. The number of carbonyl (C=O) groups is 2. The van der Waals surface area contributed by atoms with Gasteiger partial charge in [0.15, 0.2) is 15.0 Å². The smallest absolute Gasteiger partial charge is 0.303 e. The Balaban J connectivity index is 1.88. The Morgan fingerprint density at radius 3 is 2.59 bits per heavy atom. The highest BCUT2D eigenvalue weighted by molar-refractivity contribution is 8.16. The Morgan fingerprint density at radius 2 is 1.96 bits per heavy atom. The molecular weight excluding hydrogens is 392 g/mol. The highest BCUT2D eigenvalue weighted by atomic mass is 32.2. The molecule has 1 amide bonds. The van der Waals surface area contributed by atoms with Gasteiger partial charge < -0.3 is 14.7 Å². The van der Waals surface area contributed by atoms with Crippen LogP contribution in [0.3, 0.4) is 0 Å². The summed E-state index contributed by atoms with van der Waals surface area (Å²) in [4.78, 5) is 28.5. The zero-order valence-corrected chi connectivity index (χ0v) is 16.3. The van der Waals surface area contributed by atoms with Gasteiger partial charge in [0.05, 0.1) is 30.6 Å². The number of hydrogen-bond acceptors (Lipinski definition) is 6. The van der Waals surface area contributed by atoms with Gasteiger partial charge in [-0.05, 0) is 31.2 Å². The van der Waals surface area contributed by atoms with Crippen LogP contribution in [0.5, 0.6) is 5.75 Å². The van der Waals surface area contributed by atoms with Gasteiger partial charge >= 0.3 is 5.97 Å². The van der Waals surface area contributed by atoms with E-state index in [1.165, 1.54) is 11.8 Å². The molecule has 3 rings (SSSR count). The fourth-order valence-corrected chi connectivity index (χ4v) is 7.04. The minimum Gasteiger partial charge on any atom is -0.494 e. The molecule has 2 aliphatic rings. The number of fused-ring (bicyclic) bond motifs is 1. The number of nitrogens with zero attached hydrogens (tertiary/aromatic N) is 2. The van der Waals surface area contributed by atoms with Crippen LogP contribution in [-0.4, -0.2) is 60.0 Å². The molecule has 0 radical (unpaired) electrons. The first kappa shape index (κ1) is 19.7. The minimum atomic E-state index is -3.14. The second-order valence-electron chi connectivity index (χ2n) is 6.28. The molecule has 10 heteroatoms. The molecule has 2 atom stereocenters. The van der Waals surface area contributed by atoms with Crippen LogP contribution in [-0.2, 0) is 19.4 Å². The number of benzene rings is 1. The molecule has 0 aromatic heterocycles. The third-order valence-electron chi connectivity index (χ3n) is 4.27. The topological polar surface area (TPSA) is 113 Å². The number of hydrogen-bond donors (Lipinski definition) is 1. The molecule has 0 saturated carbocycles. The van der Waals surface area contributed by atoms with Crippen LogP contribution in [0.15, 0.2) is 29.3 Å². The van der Waals surface area contributed by atoms with Crippen LogP contribution in [0, 0.1) is 0 Å². The molecule has 0 spiro atoms. The number of aliphatic carboxylic acids is 1. The molecule has 0 aliphatic carbocycles. The maximum absolute atomic E-state index is 12.0. The van der Waals surface area contributed by atoms with E-state index < -0.39 is 21.7 Å². The molecule has 1 aromatic carbocycles. The van der Waals surface area contributed by atoms with Crippen molar-refractivity contribution < 1.29 is 27.9 Å². The summed E-state index contributed by atoms with van der Waals surface area (Å²) in [7, 11) is -3.14. The van der Waals surface area contributed by atoms with Crippen molar-refractivity contribution in [1.29, 1.82) is 0 Å². The third kappa shape index (κ3) is 4.62. The summed E-state index contributed by atoms with van der Waals surface area (Å²) in [6.07, 6.45) is -0.477. The van der Waals surface area contributed by atoms with Crippen molar-refractivity contribution in [2.75, 3.05) is 23.0 Å². The van der Waals surface area contributed by atoms with E-state index in [1.54, 1.807) is 29.2 Å². The number of sulfone groups is 1. The van der Waals surface area contributed by atoms with E-state index in [4.69, 9.17) is 9.84 Å². The van der Waals surface area contributed by atoms with Crippen molar-refractivity contribution in [3.63, 3.8) is 0 Å². The lowest BCUT2D eigenvalue weighted by Crippen LogP contribution is -2.37. The molecule has 2 aliphatic heterocycles. The largest absolute Gasteiger partial charge is 0.494 e. The van der Waals surface area contributed by atoms with E-state index in [-0.39, 0.29) is 35.6 Å². The van der Waals surface area contributed by atoms with Gasteiger partial charge in [0.2, 0.25) is 5.91 Å². The molecule has 8 nitrogen and oxygen atoms in total. The molecule has 146 valence electrons. The molecule has 27 heavy (non-hydrogen) atoms. The van der Waals surface area contributed by atoms with Crippen molar-refractivity contribution in [2.45, 2.75) is 31.1 Å². The summed E-state index contributed by atoms with van der Waals surface area (Å²) in [5, 5.41) is 8.93. The van der Waals surface area contributed by atoms with Crippen molar-refractivity contribution in [2.24, 2.45) is 4.99 Å². The number of amides is 1. The van der Waals surface area contributed by atoms with E-state index in [0.717, 1.165) is 5.69 Å². The van der Waals surface area contributed by atoms with Gasteiger partial charge in [-0.2, -0.15) is 4.99 Å². The van der Waals surface area contributed by atoms with Gasteiger partial charge in [-0.25, -0.2) is 8.42 Å². The quantitative estimate of drug-likeness (QED) is 0.749. The molecule has 2 fully saturated rings. The van der Waals surface area contributed by atoms with Gasteiger partial charge in [0, 0.05) is 17.4 Å². The van der Waals surface area contributed by atoms with Crippen molar-refractivity contribution in [1.82, 2.24) is 0 Å². The number of anilines is 1. The van der Waals surface area contributed by atoms with Crippen molar-refractivity contribution in [3.8, 4) is 5.75 Å². The summed E-state index contributed by atoms with van der Waals surface area (Å²) in [6, 6.07) is 6.87. The number of carboxylic acid groups (broad SMARTS) is 1. The lowest BCUT2D eigenvalue weighted by molar-refractivity contribution is -0.138. The normalized spacial score (nSPS) is 24.8. The first-order valence-electron chi connectivity index (χ1n) is 8.51. The Kier molecular flexibility index (Phi) is 5.75. The molecule has 0 bridgehead atoms.